The van der Waals surface area contributed by atoms with Crippen LogP contribution < -0.4 is 4.18 Å². The quantitative estimate of drug-likeness (QED) is 0.477. The molecule has 0 unspecified atom stereocenters. The zero-order chi connectivity index (χ0) is 20.4. The fourth-order valence-electron chi connectivity index (χ4n) is 2.91. The lowest BCUT2D eigenvalue weighted by Crippen LogP contribution is -2.41. The van der Waals surface area contributed by atoms with Crippen molar-refractivity contribution in [3.63, 3.8) is 0 Å². The highest BCUT2D eigenvalue weighted by molar-refractivity contribution is 7.87. The minimum atomic E-state index is -3.53. The van der Waals surface area contributed by atoms with Crippen LogP contribution in [0.4, 0.5) is 0 Å². The first-order valence-corrected chi connectivity index (χ1v) is 11.7. The van der Waals surface area contributed by atoms with E-state index >= 15 is 0 Å². The van der Waals surface area contributed by atoms with E-state index in [0.29, 0.717) is 12.3 Å². The Morgan fingerprint density at radius 2 is 1.70 bits per heavy atom. The molecule has 0 bridgehead atoms. The van der Waals surface area contributed by atoms with Gasteiger partial charge in [0.15, 0.2) is 0 Å². The molecule has 0 radical (unpaired) electrons. The van der Waals surface area contributed by atoms with Gasteiger partial charge in [0.2, 0.25) is 5.91 Å². The van der Waals surface area contributed by atoms with Gasteiger partial charge in [0, 0.05) is 18.5 Å². The normalized spacial score (nSPS) is 13.8. The van der Waals surface area contributed by atoms with Gasteiger partial charge in [-0.15, -0.1) is 0 Å². The number of benzene rings is 1. The first-order chi connectivity index (χ1) is 12.8. The van der Waals surface area contributed by atoms with Crippen LogP contribution in [0, 0.1) is 5.92 Å². The summed E-state index contributed by atoms with van der Waals surface area (Å²) < 4.78 is 28.2. The van der Waals surface area contributed by atoms with E-state index in [4.69, 9.17) is 4.18 Å². The molecule has 0 heterocycles. The van der Waals surface area contributed by atoms with Gasteiger partial charge >= 0.3 is 10.1 Å². The largest absolute Gasteiger partial charge is 0.382 e. The van der Waals surface area contributed by atoms with Gasteiger partial charge in [0.25, 0.3) is 0 Å². The number of unbranched alkanes of at least 4 members (excludes halogenated alkanes) is 1. The minimum Gasteiger partial charge on any atom is -0.382 e. The van der Waals surface area contributed by atoms with E-state index in [1.165, 1.54) is 0 Å². The Balaban J connectivity index is 2.92. The second-order valence-electron chi connectivity index (χ2n) is 7.04. The molecule has 0 N–H and O–H groups in total. The molecule has 1 amide bonds. The topological polar surface area (TPSA) is 63.7 Å². The Hall–Kier alpha value is -1.56. The van der Waals surface area contributed by atoms with E-state index in [1.54, 1.807) is 19.1 Å². The fraction of sp³-hybridized carbons (Fsp3) is 0.667. The van der Waals surface area contributed by atoms with Gasteiger partial charge in [-0.3, -0.25) is 4.79 Å². The molecule has 1 aromatic rings. The van der Waals surface area contributed by atoms with E-state index in [0.717, 1.165) is 37.7 Å². The first-order valence-electron chi connectivity index (χ1n) is 10.1. The Morgan fingerprint density at radius 1 is 1.07 bits per heavy atom. The molecule has 154 valence electrons. The van der Waals surface area contributed by atoms with Gasteiger partial charge in [0.1, 0.15) is 5.75 Å². The molecule has 0 spiro atoms. The second kappa shape index (κ2) is 11.3. The average Bonchev–Trinajstić information content (AvgIpc) is 2.67. The molecule has 1 rings (SSSR count). The van der Waals surface area contributed by atoms with Crippen molar-refractivity contribution in [2.75, 3.05) is 5.75 Å². The molecule has 6 heteroatoms. The number of hydrogen-bond acceptors (Lipinski definition) is 4. The van der Waals surface area contributed by atoms with E-state index in [2.05, 4.69) is 27.7 Å². The lowest BCUT2D eigenvalue weighted by molar-refractivity contribution is -0.138. The van der Waals surface area contributed by atoms with Crippen LogP contribution >= 0.6 is 0 Å². The molecular weight excluding hydrogens is 362 g/mol. The summed E-state index contributed by atoms with van der Waals surface area (Å²) in [6.45, 7) is 10.5. The Morgan fingerprint density at radius 3 is 2.19 bits per heavy atom. The molecule has 0 aliphatic carbocycles. The van der Waals surface area contributed by atoms with Gasteiger partial charge in [-0.25, -0.2) is 0 Å². The molecule has 2 atom stereocenters. The molecule has 0 aliphatic heterocycles. The molecule has 0 fully saturated rings. The van der Waals surface area contributed by atoms with Crippen LogP contribution in [0.25, 0.3) is 0 Å². The summed E-state index contributed by atoms with van der Waals surface area (Å²) in [5.41, 5.74) is 0.968. The van der Waals surface area contributed by atoms with Crippen LogP contribution in [0.5, 0.6) is 5.75 Å². The molecule has 0 saturated carbocycles. The van der Waals surface area contributed by atoms with Crippen molar-refractivity contribution in [2.24, 2.45) is 5.92 Å². The van der Waals surface area contributed by atoms with Gasteiger partial charge < -0.3 is 9.08 Å². The number of hydrogen-bond donors (Lipinski definition) is 0. The standard InChI is InChI=1S/C21H35NO4S/c1-6-10-11-19(8-3)21(23)22(17(5)7-2)16-18-12-14-20(15-13-18)26-27(24,25)9-4/h12-15,17,19H,6-11,16H2,1-5H3/t17-,19+/m0/s1. The van der Waals surface area contributed by atoms with Crippen molar-refractivity contribution in [1.29, 1.82) is 0 Å². The maximum Gasteiger partial charge on any atom is 0.308 e. The van der Waals surface area contributed by atoms with E-state index in [-0.39, 0.29) is 23.6 Å². The van der Waals surface area contributed by atoms with Crippen LogP contribution in [0.1, 0.15) is 72.3 Å². The van der Waals surface area contributed by atoms with E-state index in [9.17, 15) is 13.2 Å². The summed E-state index contributed by atoms with van der Waals surface area (Å²) in [7, 11) is -3.53. The summed E-state index contributed by atoms with van der Waals surface area (Å²) in [6, 6.07) is 7.11. The number of nitrogens with zero attached hydrogens (tertiary/aromatic N) is 1. The lowest BCUT2D eigenvalue weighted by Gasteiger charge is -2.32. The van der Waals surface area contributed by atoms with Gasteiger partial charge in [-0.1, -0.05) is 45.7 Å². The molecule has 0 aromatic heterocycles. The van der Waals surface area contributed by atoms with E-state index < -0.39 is 10.1 Å². The number of amides is 1. The van der Waals surface area contributed by atoms with Gasteiger partial charge in [-0.2, -0.15) is 8.42 Å². The predicted molar refractivity (Wildman–Crippen MR) is 110 cm³/mol. The molecule has 0 saturated heterocycles. The van der Waals surface area contributed by atoms with Crippen molar-refractivity contribution in [3.8, 4) is 5.75 Å². The Kier molecular flexibility index (Phi) is 9.84. The molecule has 5 nitrogen and oxygen atoms in total. The van der Waals surface area contributed by atoms with E-state index in [1.807, 2.05) is 17.0 Å². The summed E-state index contributed by atoms with van der Waals surface area (Å²) in [5.74, 6) is 0.517. The molecule has 0 aliphatic rings. The van der Waals surface area contributed by atoms with Crippen LogP contribution in [0.15, 0.2) is 24.3 Å². The number of carbonyl (C=O) groups is 1. The van der Waals surface area contributed by atoms with Crippen molar-refractivity contribution in [1.82, 2.24) is 4.90 Å². The zero-order valence-electron chi connectivity index (χ0n) is 17.4. The smallest absolute Gasteiger partial charge is 0.308 e. The maximum absolute atomic E-state index is 13.1. The highest BCUT2D eigenvalue weighted by Crippen LogP contribution is 2.22. The molecule has 1 aromatic carbocycles. The van der Waals surface area contributed by atoms with Gasteiger partial charge in [-0.05, 0) is 50.8 Å². The van der Waals surface area contributed by atoms with Crippen LogP contribution in [-0.2, 0) is 21.5 Å². The van der Waals surface area contributed by atoms with Crippen molar-refractivity contribution in [3.05, 3.63) is 29.8 Å². The highest BCUT2D eigenvalue weighted by atomic mass is 32.2. The fourth-order valence-corrected chi connectivity index (χ4v) is 3.43. The first kappa shape index (κ1) is 23.5. The second-order valence-corrected chi connectivity index (χ2v) is 8.90. The van der Waals surface area contributed by atoms with Crippen LogP contribution in [0.3, 0.4) is 0 Å². The third kappa shape index (κ3) is 7.53. The SMILES string of the molecule is CCCC[C@@H](CC)C(=O)N(Cc1ccc(OS(=O)(=O)CC)cc1)[C@@H](C)CC. The third-order valence-electron chi connectivity index (χ3n) is 5.01. The predicted octanol–water partition coefficient (Wildman–Crippen LogP) is 4.76. The highest BCUT2D eigenvalue weighted by Gasteiger charge is 2.25. The van der Waals surface area contributed by atoms with Crippen molar-refractivity contribution in [2.45, 2.75) is 79.3 Å². The molecule has 27 heavy (non-hydrogen) atoms. The van der Waals surface area contributed by atoms with Crippen LogP contribution in [-0.4, -0.2) is 31.0 Å². The summed E-state index contributed by atoms with van der Waals surface area (Å²) in [5, 5.41) is 0. The average molecular weight is 398 g/mol. The molecular formula is C21H35NO4S. The van der Waals surface area contributed by atoms with Crippen LogP contribution in [0.2, 0.25) is 0 Å². The van der Waals surface area contributed by atoms with Crippen molar-refractivity contribution < 1.29 is 17.4 Å². The Labute approximate surface area is 165 Å². The summed E-state index contributed by atoms with van der Waals surface area (Å²) >= 11 is 0. The lowest BCUT2D eigenvalue weighted by atomic mass is 9.96. The summed E-state index contributed by atoms with van der Waals surface area (Å²) in [6.07, 6.45) is 4.84. The third-order valence-corrected chi connectivity index (χ3v) is 6.16. The Bertz CT molecular complexity index is 670. The summed E-state index contributed by atoms with van der Waals surface area (Å²) in [4.78, 5) is 15.1. The monoisotopic (exact) mass is 397 g/mol. The maximum atomic E-state index is 13.1. The number of rotatable bonds is 12. The zero-order valence-corrected chi connectivity index (χ0v) is 18.2. The minimum absolute atomic E-state index is 0.0660. The van der Waals surface area contributed by atoms with Gasteiger partial charge in [0.05, 0.1) is 5.75 Å². The number of carbonyl (C=O) groups excluding carboxylic acids is 1. The van der Waals surface area contributed by atoms with Crippen molar-refractivity contribution >= 4 is 16.0 Å².